The van der Waals surface area contributed by atoms with E-state index in [2.05, 4.69) is 4.74 Å². The van der Waals surface area contributed by atoms with Gasteiger partial charge in [0.05, 0.1) is 13.2 Å². The number of ether oxygens (including phenoxy) is 1. The van der Waals surface area contributed by atoms with Crippen molar-refractivity contribution in [2.45, 2.75) is 0 Å². The first-order valence-electron chi connectivity index (χ1n) is 1.08. The third-order valence-corrected chi connectivity index (χ3v) is 0.204. The summed E-state index contributed by atoms with van der Waals surface area (Å²) >= 11 is 0. The van der Waals surface area contributed by atoms with Crippen LogP contribution >= 0.6 is 0 Å². The zero-order chi connectivity index (χ0) is 2.12. The summed E-state index contributed by atoms with van der Waals surface area (Å²) in [5, 5.41) is 0. The van der Waals surface area contributed by atoms with Gasteiger partial charge in [-0.25, -0.2) is 0 Å². The van der Waals surface area contributed by atoms with Gasteiger partial charge in [-0.05, 0) is 0 Å². The van der Waals surface area contributed by atoms with Crippen LogP contribution in [0.4, 0.5) is 0 Å². The minimum atomic E-state index is 0. The fourth-order valence-corrected chi connectivity index (χ4v) is 0. The van der Waals surface area contributed by atoms with Gasteiger partial charge in [-0.1, -0.05) is 0 Å². The van der Waals surface area contributed by atoms with Crippen molar-refractivity contribution < 1.29 is 4.74 Å². The summed E-state index contributed by atoms with van der Waals surface area (Å²) in [6, 6.07) is 0. The Kier molecular flexibility index (Phi) is 2.41. The van der Waals surface area contributed by atoms with E-state index in [0.29, 0.717) is 0 Å². The van der Waals surface area contributed by atoms with Crippen molar-refractivity contribution in [3.05, 3.63) is 0 Å². The van der Waals surface area contributed by atoms with Crippen LogP contribution in [0.2, 0.25) is 0 Å². The van der Waals surface area contributed by atoms with Crippen LogP contribution in [-0.2, 0) is 4.74 Å². The van der Waals surface area contributed by atoms with E-state index in [0.717, 1.165) is 13.2 Å². The van der Waals surface area contributed by atoms with E-state index < -0.39 is 0 Å². The molecule has 0 spiro atoms. The Bertz CT molecular complexity index is 10.8. The molecule has 1 saturated heterocycles. The van der Waals surface area contributed by atoms with Gasteiger partial charge in [0.1, 0.15) is 0 Å². The summed E-state index contributed by atoms with van der Waals surface area (Å²) in [4.78, 5) is 0. The number of hydrogen-bond acceptors (Lipinski definition) is 1. The van der Waals surface area contributed by atoms with Crippen molar-refractivity contribution >= 4 is 23.9 Å². The van der Waals surface area contributed by atoms with Crippen LogP contribution < -0.4 is 0 Å². The minimum Gasteiger partial charge on any atom is -0.377 e. The second-order valence-corrected chi connectivity index (χ2v) is 0.612. The second kappa shape index (κ2) is 2.02. The Morgan fingerprint density at radius 1 is 1.25 bits per heavy atom. The molecule has 0 aromatic carbocycles. The SMILES string of the molecule is C1CO1.[Sn]. The maximum absolute atomic E-state index is 4.50. The largest absolute Gasteiger partial charge is 0.377 e. The van der Waals surface area contributed by atoms with Crippen molar-refractivity contribution in [1.82, 2.24) is 0 Å². The average Bonchev–Trinajstić information content (AvgIpc) is 1.46. The Labute approximate surface area is 42.3 Å². The van der Waals surface area contributed by atoms with Gasteiger partial charge in [0.2, 0.25) is 0 Å². The molecule has 0 atom stereocenters. The predicted octanol–water partition coefficient (Wildman–Crippen LogP) is -0.364. The summed E-state index contributed by atoms with van der Waals surface area (Å²) in [7, 11) is 0. The zero-order valence-electron chi connectivity index (χ0n) is 2.32. The summed E-state index contributed by atoms with van der Waals surface area (Å²) in [6.07, 6.45) is 0. The first-order chi connectivity index (χ1) is 1.50. The molecular weight excluding hydrogens is 159 g/mol. The fraction of sp³-hybridized carbons (Fsp3) is 1.00. The third-order valence-electron chi connectivity index (χ3n) is 0.204. The van der Waals surface area contributed by atoms with Crippen molar-refractivity contribution in [2.75, 3.05) is 13.2 Å². The molecule has 2 heteroatoms. The Morgan fingerprint density at radius 3 is 1.50 bits per heavy atom. The molecule has 0 amide bonds. The van der Waals surface area contributed by atoms with Gasteiger partial charge in [0.15, 0.2) is 0 Å². The Hall–Kier alpha value is 0.759. The predicted molar refractivity (Wildman–Crippen MR) is 16.6 cm³/mol. The molecule has 1 heterocycles. The standard InChI is InChI=1S/C2H4O.Sn/c1-2-3-1;/h1-2H2;. The third kappa shape index (κ3) is 2.76. The van der Waals surface area contributed by atoms with Crippen LogP contribution in [-0.4, -0.2) is 37.1 Å². The molecule has 1 aliphatic heterocycles. The topological polar surface area (TPSA) is 12.5 Å². The van der Waals surface area contributed by atoms with Crippen LogP contribution in [0.15, 0.2) is 0 Å². The molecule has 1 fully saturated rings. The maximum atomic E-state index is 4.50. The van der Waals surface area contributed by atoms with E-state index in [-0.39, 0.29) is 23.9 Å². The summed E-state index contributed by atoms with van der Waals surface area (Å²) in [5.74, 6) is 0. The van der Waals surface area contributed by atoms with E-state index in [9.17, 15) is 0 Å². The van der Waals surface area contributed by atoms with Crippen LogP contribution in [0.25, 0.3) is 0 Å². The first kappa shape index (κ1) is 4.76. The van der Waals surface area contributed by atoms with Crippen molar-refractivity contribution in [2.24, 2.45) is 0 Å². The molecule has 0 saturated carbocycles. The molecule has 0 unspecified atom stereocenters. The number of rotatable bonds is 0. The van der Waals surface area contributed by atoms with Gasteiger partial charge in [-0.15, -0.1) is 0 Å². The quantitative estimate of drug-likeness (QED) is 0.350. The smallest absolute Gasteiger partial charge is 0.0701 e. The van der Waals surface area contributed by atoms with Crippen LogP contribution in [0.3, 0.4) is 0 Å². The Morgan fingerprint density at radius 2 is 1.50 bits per heavy atom. The molecule has 4 radical (unpaired) electrons. The Balaban J connectivity index is 0.0000000900. The van der Waals surface area contributed by atoms with E-state index in [1.165, 1.54) is 0 Å². The van der Waals surface area contributed by atoms with E-state index in [4.69, 9.17) is 0 Å². The van der Waals surface area contributed by atoms with E-state index in [1.54, 1.807) is 0 Å². The molecule has 0 aliphatic carbocycles. The van der Waals surface area contributed by atoms with Crippen LogP contribution in [0.1, 0.15) is 0 Å². The van der Waals surface area contributed by atoms with Crippen LogP contribution in [0.5, 0.6) is 0 Å². The second-order valence-electron chi connectivity index (χ2n) is 0.612. The number of hydrogen-bond donors (Lipinski definition) is 0. The zero-order valence-corrected chi connectivity index (χ0v) is 5.18. The van der Waals surface area contributed by atoms with Gasteiger partial charge in [-0.3, -0.25) is 0 Å². The van der Waals surface area contributed by atoms with Crippen molar-refractivity contribution in [3.63, 3.8) is 0 Å². The van der Waals surface area contributed by atoms with Gasteiger partial charge in [-0.2, -0.15) is 0 Å². The number of epoxide rings is 1. The summed E-state index contributed by atoms with van der Waals surface area (Å²) in [6.45, 7) is 2.00. The maximum Gasteiger partial charge on any atom is 0.0701 e. The monoisotopic (exact) mass is 164 g/mol. The fourth-order valence-electron chi connectivity index (χ4n) is 0. The molecule has 0 aromatic heterocycles. The first-order valence-corrected chi connectivity index (χ1v) is 1.08. The normalized spacial score (nSPS) is 18.0. The molecule has 1 aliphatic rings. The van der Waals surface area contributed by atoms with E-state index in [1.807, 2.05) is 0 Å². The molecule has 1 nitrogen and oxygen atoms in total. The molecule has 0 bridgehead atoms. The molecule has 0 aromatic rings. The summed E-state index contributed by atoms with van der Waals surface area (Å²) in [5.41, 5.74) is 0. The molecule has 4 heavy (non-hydrogen) atoms. The molecule has 22 valence electrons. The van der Waals surface area contributed by atoms with Crippen molar-refractivity contribution in [3.8, 4) is 0 Å². The van der Waals surface area contributed by atoms with E-state index >= 15 is 0 Å². The summed E-state index contributed by atoms with van der Waals surface area (Å²) < 4.78 is 4.50. The van der Waals surface area contributed by atoms with Crippen molar-refractivity contribution in [1.29, 1.82) is 0 Å². The van der Waals surface area contributed by atoms with Gasteiger partial charge in [0.25, 0.3) is 0 Å². The average molecular weight is 163 g/mol. The molecule has 0 N–H and O–H groups in total. The minimum absolute atomic E-state index is 0. The van der Waals surface area contributed by atoms with Gasteiger partial charge in [0, 0.05) is 23.9 Å². The van der Waals surface area contributed by atoms with Crippen LogP contribution in [0, 0.1) is 0 Å². The van der Waals surface area contributed by atoms with Gasteiger partial charge < -0.3 is 4.74 Å². The molecule has 1 rings (SSSR count). The van der Waals surface area contributed by atoms with Gasteiger partial charge >= 0.3 is 0 Å². The molecular formula is C2H4OSn.